The number of halogens is 2. The van der Waals surface area contributed by atoms with Crippen LogP contribution in [0.5, 0.6) is 5.75 Å². The summed E-state index contributed by atoms with van der Waals surface area (Å²) < 4.78 is 61.3. The zero-order chi connectivity index (χ0) is 20.9. The van der Waals surface area contributed by atoms with Crippen LogP contribution in [0.4, 0.5) is 14.5 Å². The predicted molar refractivity (Wildman–Crippen MR) is 108 cm³/mol. The second kappa shape index (κ2) is 8.17. The first-order chi connectivity index (χ1) is 13.7. The Bertz CT molecular complexity index is 1090. The first-order valence-corrected chi connectivity index (χ1v) is 10.4. The van der Waals surface area contributed by atoms with Gasteiger partial charge in [0.05, 0.1) is 12.1 Å². The second-order valence-electron chi connectivity index (χ2n) is 7.23. The van der Waals surface area contributed by atoms with Gasteiger partial charge in [0, 0.05) is 25.0 Å². The number of nitrogens with zero attached hydrogens (tertiary/aromatic N) is 1. The van der Waals surface area contributed by atoms with Gasteiger partial charge in [-0.2, -0.15) is 13.5 Å². The van der Waals surface area contributed by atoms with Crippen molar-refractivity contribution >= 4 is 35.1 Å². The number of hydrogen-bond acceptors (Lipinski definition) is 5. The van der Waals surface area contributed by atoms with E-state index in [1.807, 2.05) is 0 Å². The summed E-state index contributed by atoms with van der Waals surface area (Å²) in [5.41, 5.74) is -0.0999. The molecule has 1 aromatic heterocycles. The molecule has 8 nitrogen and oxygen atoms in total. The highest BCUT2D eigenvalue weighted by Crippen LogP contribution is 2.37. The molecule has 0 radical (unpaired) electrons. The Kier molecular flexibility index (Phi) is 6.14. The average molecular weight is 462 g/mol. The molecule has 4 rings (SSSR count). The number of carbonyl (C=O) groups is 1. The zero-order valence-electron chi connectivity index (χ0n) is 15.9. The van der Waals surface area contributed by atoms with Crippen molar-refractivity contribution in [2.24, 2.45) is 13.0 Å². The lowest BCUT2D eigenvalue weighted by atomic mass is 10.1. The standard InChI is InChI=1S/C18H19F2N3O5S.H2S/c1-23-7-14-17(15(23)18(25)21-10-4-5-11(19)12(20)6-10)28-8-13(22-29(14,26)27)16(24)9-2-3-9;/h4-7,9,13,16,22,24H,2-3,8H2,1H3,(H,21,25);1H2/t13-,16?;/m0./s1. The maximum Gasteiger partial charge on any atom is 0.276 e. The van der Waals surface area contributed by atoms with E-state index >= 15 is 0 Å². The van der Waals surface area contributed by atoms with Crippen molar-refractivity contribution in [3.63, 3.8) is 0 Å². The van der Waals surface area contributed by atoms with E-state index in [9.17, 15) is 27.1 Å². The molecular weight excluding hydrogens is 440 g/mol. The van der Waals surface area contributed by atoms with Crippen molar-refractivity contribution in [1.82, 2.24) is 9.29 Å². The molecule has 1 aliphatic carbocycles. The van der Waals surface area contributed by atoms with Crippen LogP contribution in [0.1, 0.15) is 23.3 Å². The minimum Gasteiger partial charge on any atom is -0.488 e. The number of fused-ring (bicyclic) bond motifs is 1. The highest BCUT2D eigenvalue weighted by Gasteiger charge is 2.41. The van der Waals surface area contributed by atoms with Crippen LogP contribution in [0.3, 0.4) is 0 Å². The highest BCUT2D eigenvalue weighted by atomic mass is 32.2. The Labute approximate surface area is 178 Å². The molecule has 2 atom stereocenters. The van der Waals surface area contributed by atoms with E-state index in [1.54, 1.807) is 0 Å². The van der Waals surface area contributed by atoms with Gasteiger partial charge < -0.3 is 19.7 Å². The fourth-order valence-electron chi connectivity index (χ4n) is 3.34. The van der Waals surface area contributed by atoms with E-state index in [-0.39, 0.29) is 48.0 Å². The van der Waals surface area contributed by atoms with Gasteiger partial charge in [-0.1, -0.05) is 0 Å². The number of carbonyl (C=O) groups excluding carboxylic acids is 1. The highest BCUT2D eigenvalue weighted by molar-refractivity contribution is 7.89. The van der Waals surface area contributed by atoms with Gasteiger partial charge in [0.15, 0.2) is 23.1 Å². The number of anilines is 1. The van der Waals surface area contributed by atoms with Crippen molar-refractivity contribution in [3.8, 4) is 5.75 Å². The molecule has 1 aliphatic heterocycles. The Morgan fingerprint density at radius 3 is 2.67 bits per heavy atom. The van der Waals surface area contributed by atoms with Crippen LogP contribution in [0.15, 0.2) is 29.3 Å². The minimum atomic E-state index is -4.04. The zero-order valence-corrected chi connectivity index (χ0v) is 17.7. The van der Waals surface area contributed by atoms with Gasteiger partial charge in [-0.05, 0) is 30.9 Å². The summed E-state index contributed by atoms with van der Waals surface area (Å²) in [6.45, 7) is -0.153. The third-order valence-corrected chi connectivity index (χ3v) is 6.50. The molecule has 0 saturated heterocycles. The summed E-state index contributed by atoms with van der Waals surface area (Å²) in [7, 11) is -2.58. The Morgan fingerprint density at radius 1 is 1.33 bits per heavy atom. The van der Waals surface area contributed by atoms with Crippen LogP contribution in [0.2, 0.25) is 0 Å². The number of benzene rings is 1. The molecule has 12 heteroatoms. The first-order valence-electron chi connectivity index (χ1n) is 8.96. The lowest BCUT2D eigenvalue weighted by Crippen LogP contribution is -2.46. The molecule has 1 unspecified atom stereocenters. The van der Waals surface area contributed by atoms with Crippen LogP contribution in [0, 0.1) is 17.6 Å². The van der Waals surface area contributed by atoms with E-state index in [4.69, 9.17) is 4.74 Å². The van der Waals surface area contributed by atoms with Gasteiger partial charge in [0.1, 0.15) is 11.5 Å². The number of hydrogen-bond donors (Lipinski definition) is 3. The van der Waals surface area contributed by atoms with Gasteiger partial charge in [-0.3, -0.25) is 4.79 Å². The number of aliphatic hydroxyl groups excluding tert-OH is 1. The van der Waals surface area contributed by atoms with E-state index in [0.29, 0.717) is 0 Å². The van der Waals surface area contributed by atoms with Crippen LogP contribution in [-0.2, 0) is 17.1 Å². The molecule has 1 aromatic carbocycles. The number of aromatic nitrogens is 1. The summed E-state index contributed by atoms with van der Waals surface area (Å²) >= 11 is 0. The lowest BCUT2D eigenvalue weighted by Gasteiger charge is -2.21. The monoisotopic (exact) mass is 461 g/mol. The smallest absolute Gasteiger partial charge is 0.276 e. The molecule has 2 aromatic rings. The molecule has 30 heavy (non-hydrogen) atoms. The molecule has 0 spiro atoms. The van der Waals surface area contributed by atoms with Gasteiger partial charge in [0.25, 0.3) is 5.91 Å². The maximum atomic E-state index is 13.4. The van der Waals surface area contributed by atoms with E-state index in [1.165, 1.54) is 23.9 Å². The number of aryl methyl sites for hydroxylation is 1. The predicted octanol–water partition coefficient (Wildman–Crippen LogP) is 1.48. The van der Waals surface area contributed by atoms with E-state index < -0.39 is 39.7 Å². The largest absolute Gasteiger partial charge is 0.488 e. The molecule has 0 bridgehead atoms. The SMILES string of the molecule is Cn1cc2c(c1C(=O)Nc1ccc(F)c(F)c1)OC[C@@H](C(O)C1CC1)NS2(=O)=O.S. The average Bonchev–Trinajstić information content (AvgIpc) is 3.45. The Hall–Kier alpha value is -2.15. The molecular formula is C18H21F2N3O5S2. The van der Waals surface area contributed by atoms with Crippen LogP contribution < -0.4 is 14.8 Å². The quantitative estimate of drug-likeness (QED) is 0.639. The third-order valence-electron chi connectivity index (χ3n) is 5.02. The number of ether oxygens (including phenoxy) is 1. The summed E-state index contributed by atoms with van der Waals surface area (Å²) in [4.78, 5) is 12.5. The molecule has 2 aliphatic rings. The third kappa shape index (κ3) is 4.17. The van der Waals surface area contributed by atoms with Crippen molar-refractivity contribution in [2.75, 3.05) is 11.9 Å². The normalized spacial score (nSPS) is 20.9. The molecule has 3 N–H and O–H groups in total. The second-order valence-corrected chi connectivity index (χ2v) is 8.91. The van der Waals surface area contributed by atoms with Gasteiger partial charge in [0.2, 0.25) is 10.0 Å². The summed E-state index contributed by atoms with van der Waals surface area (Å²) in [5, 5.41) is 12.7. The minimum absolute atomic E-state index is 0. The van der Waals surface area contributed by atoms with E-state index in [2.05, 4.69) is 10.0 Å². The number of sulfonamides is 1. The van der Waals surface area contributed by atoms with E-state index in [0.717, 1.165) is 25.0 Å². The van der Waals surface area contributed by atoms with Crippen molar-refractivity contribution in [3.05, 3.63) is 41.7 Å². The number of amides is 1. The lowest BCUT2D eigenvalue weighted by molar-refractivity contribution is 0.0898. The van der Waals surface area contributed by atoms with Crippen LogP contribution >= 0.6 is 13.5 Å². The Morgan fingerprint density at radius 2 is 2.03 bits per heavy atom. The van der Waals surface area contributed by atoms with Gasteiger partial charge >= 0.3 is 0 Å². The Balaban J connectivity index is 0.00000256. The van der Waals surface area contributed by atoms with Crippen LogP contribution in [0.25, 0.3) is 0 Å². The van der Waals surface area contributed by atoms with Crippen LogP contribution in [-0.4, -0.2) is 42.8 Å². The fourth-order valence-corrected chi connectivity index (χ4v) is 4.77. The van der Waals surface area contributed by atoms with Crippen molar-refractivity contribution in [1.29, 1.82) is 0 Å². The number of nitrogens with one attached hydrogen (secondary N) is 2. The van der Waals surface area contributed by atoms with Gasteiger partial charge in [-0.25, -0.2) is 21.9 Å². The van der Waals surface area contributed by atoms with Crippen molar-refractivity contribution < 1.29 is 31.8 Å². The van der Waals surface area contributed by atoms with Crippen molar-refractivity contribution in [2.45, 2.75) is 29.9 Å². The van der Waals surface area contributed by atoms with Gasteiger partial charge in [-0.15, -0.1) is 0 Å². The summed E-state index contributed by atoms with van der Waals surface area (Å²) in [6, 6.07) is 2.02. The molecule has 2 heterocycles. The summed E-state index contributed by atoms with van der Waals surface area (Å²) in [6.07, 6.45) is 1.97. The molecule has 1 saturated carbocycles. The molecule has 1 fully saturated rings. The maximum absolute atomic E-state index is 13.4. The number of rotatable bonds is 4. The summed E-state index contributed by atoms with van der Waals surface area (Å²) in [5.74, 6) is -3.09. The first kappa shape index (κ1) is 22.5. The number of aliphatic hydroxyl groups is 1. The topological polar surface area (TPSA) is 110 Å². The fraction of sp³-hybridized carbons (Fsp3) is 0.389. The molecule has 1 amide bonds. The molecule has 164 valence electrons.